The van der Waals surface area contributed by atoms with E-state index in [1.807, 2.05) is 0 Å². The second-order valence-electron chi connectivity index (χ2n) is 4.64. The lowest BCUT2D eigenvalue weighted by Crippen LogP contribution is -2.41. The van der Waals surface area contributed by atoms with Crippen LogP contribution in [0.3, 0.4) is 0 Å². The standard InChI is InChI=1S/C14H14F2N2O5/c1-8(11(19)18-7-6-17-14(18)21)22-12(20)9-4-2-3-5-10(9)23-13(15)16/h2-5,8,13H,6-7H2,1H3,(H,17,21)/t8-/m1/s1. The van der Waals surface area contributed by atoms with Crippen molar-refractivity contribution in [3.8, 4) is 5.75 Å². The molecule has 1 N–H and O–H groups in total. The molecular formula is C14H14F2N2O5. The molecule has 1 aromatic carbocycles. The molecule has 0 bridgehead atoms. The number of imide groups is 1. The predicted molar refractivity (Wildman–Crippen MR) is 73.1 cm³/mol. The minimum atomic E-state index is -3.10. The first-order valence-corrected chi connectivity index (χ1v) is 6.74. The van der Waals surface area contributed by atoms with Crippen molar-refractivity contribution < 1.29 is 32.6 Å². The number of rotatable bonds is 5. The van der Waals surface area contributed by atoms with Gasteiger partial charge in [-0.25, -0.2) is 9.59 Å². The summed E-state index contributed by atoms with van der Waals surface area (Å²) in [7, 11) is 0. The molecule has 1 aromatic rings. The zero-order valence-electron chi connectivity index (χ0n) is 12.1. The summed E-state index contributed by atoms with van der Waals surface area (Å²) in [5.41, 5.74) is -0.238. The molecule has 0 radical (unpaired) electrons. The summed E-state index contributed by atoms with van der Waals surface area (Å²) < 4.78 is 33.8. The second kappa shape index (κ2) is 7.03. The zero-order valence-corrected chi connectivity index (χ0v) is 12.1. The molecule has 1 aliphatic heterocycles. The fourth-order valence-corrected chi connectivity index (χ4v) is 2.01. The smallest absolute Gasteiger partial charge is 0.387 e. The highest BCUT2D eigenvalue weighted by atomic mass is 19.3. The van der Waals surface area contributed by atoms with Crippen LogP contribution in [0.15, 0.2) is 24.3 Å². The zero-order chi connectivity index (χ0) is 17.0. The van der Waals surface area contributed by atoms with E-state index in [9.17, 15) is 23.2 Å². The van der Waals surface area contributed by atoms with Gasteiger partial charge in [0.1, 0.15) is 11.3 Å². The van der Waals surface area contributed by atoms with Gasteiger partial charge in [-0.2, -0.15) is 8.78 Å². The summed E-state index contributed by atoms with van der Waals surface area (Å²) in [6, 6.07) is 4.70. The summed E-state index contributed by atoms with van der Waals surface area (Å²) in [6.45, 7) is -1.32. The predicted octanol–water partition coefficient (Wildman–Crippen LogP) is 1.39. The number of esters is 1. The highest BCUT2D eigenvalue weighted by Crippen LogP contribution is 2.21. The molecule has 3 amide bonds. The molecule has 1 aliphatic rings. The number of carbonyl (C=O) groups excluding carboxylic acids is 3. The number of hydrogen-bond acceptors (Lipinski definition) is 5. The Balaban J connectivity index is 2.06. The molecule has 23 heavy (non-hydrogen) atoms. The Hall–Kier alpha value is -2.71. The number of alkyl halides is 2. The van der Waals surface area contributed by atoms with Crippen LogP contribution in [0.2, 0.25) is 0 Å². The van der Waals surface area contributed by atoms with Crippen molar-refractivity contribution in [2.45, 2.75) is 19.6 Å². The normalized spacial score (nSPS) is 15.3. The van der Waals surface area contributed by atoms with Crippen molar-refractivity contribution in [3.63, 3.8) is 0 Å². The molecule has 0 aliphatic carbocycles. The van der Waals surface area contributed by atoms with E-state index in [1.54, 1.807) is 0 Å². The van der Waals surface area contributed by atoms with Crippen LogP contribution in [-0.4, -0.2) is 48.6 Å². The summed E-state index contributed by atoms with van der Waals surface area (Å²) >= 11 is 0. The van der Waals surface area contributed by atoms with Gasteiger partial charge in [-0.1, -0.05) is 12.1 Å². The van der Waals surface area contributed by atoms with Crippen LogP contribution in [0.25, 0.3) is 0 Å². The number of halogens is 2. The van der Waals surface area contributed by atoms with Gasteiger partial charge in [0.15, 0.2) is 6.10 Å². The van der Waals surface area contributed by atoms with Crippen LogP contribution in [0, 0.1) is 0 Å². The number of urea groups is 1. The first-order valence-electron chi connectivity index (χ1n) is 6.74. The summed E-state index contributed by atoms with van der Waals surface area (Å²) in [6.07, 6.45) is -1.24. The third-order valence-corrected chi connectivity index (χ3v) is 3.08. The fraction of sp³-hybridized carbons (Fsp3) is 0.357. The molecule has 1 saturated heterocycles. The maximum Gasteiger partial charge on any atom is 0.387 e. The lowest BCUT2D eigenvalue weighted by atomic mass is 10.2. The molecule has 2 rings (SSSR count). The SMILES string of the molecule is C[C@@H](OC(=O)c1ccccc1OC(F)F)C(=O)N1CCNC1=O. The largest absolute Gasteiger partial charge is 0.449 e. The maximum atomic E-state index is 12.3. The summed E-state index contributed by atoms with van der Waals surface area (Å²) in [5, 5.41) is 2.44. The van der Waals surface area contributed by atoms with Crippen molar-refractivity contribution in [2.75, 3.05) is 13.1 Å². The van der Waals surface area contributed by atoms with E-state index in [0.717, 1.165) is 4.90 Å². The van der Waals surface area contributed by atoms with Gasteiger partial charge in [-0.05, 0) is 19.1 Å². The lowest BCUT2D eigenvalue weighted by molar-refractivity contribution is -0.136. The fourth-order valence-electron chi connectivity index (χ4n) is 2.01. The Bertz CT molecular complexity index is 623. The molecule has 1 atom stereocenters. The van der Waals surface area contributed by atoms with Crippen molar-refractivity contribution in [2.24, 2.45) is 0 Å². The number of hydrogen-bond donors (Lipinski definition) is 1. The monoisotopic (exact) mass is 328 g/mol. The number of carbonyl (C=O) groups is 3. The third kappa shape index (κ3) is 3.93. The first kappa shape index (κ1) is 16.7. The van der Waals surface area contributed by atoms with E-state index in [2.05, 4.69) is 10.1 Å². The van der Waals surface area contributed by atoms with Crippen LogP contribution in [0.5, 0.6) is 5.75 Å². The average Bonchev–Trinajstić information content (AvgIpc) is 2.92. The third-order valence-electron chi connectivity index (χ3n) is 3.08. The average molecular weight is 328 g/mol. The van der Waals surface area contributed by atoms with Crippen LogP contribution >= 0.6 is 0 Å². The molecule has 0 unspecified atom stereocenters. The van der Waals surface area contributed by atoms with E-state index < -0.39 is 30.6 Å². The van der Waals surface area contributed by atoms with Gasteiger partial charge in [0, 0.05) is 13.1 Å². The van der Waals surface area contributed by atoms with E-state index in [4.69, 9.17) is 4.74 Å². The van der Waals surface area contributed by atoms with Crippen LogP contribution in [0.4, 0.5) is 13.6 Å². The highest BCUT2D eigenvalue weighted by Gasteiger charge is 2.32. The Morgan fingerprint density at radius 1 is 1.30 bits per heavy atom. The molecule has 0 aromatic heterocycles. The number of nitrogens with one attached hydrogen (secondary N) is 1. The number of nitrogens with zero attached hydrogens (tertiary/aromatic N) is 1. The van der Waals surface area contributed by atoms with Gasteiger partial charge in [0.2, 0.25) is 0 Å². The molecule has 124 valence electrons. The van der Waals surface area contributed by atoms with Gasteiger partial charge in [-0.3, -0.25) is 9.69 Å². The van der Waals surface area contributed by atoms with Crippen LogP contribution in [0.1, 0.15) is 17.3 Å². The molecule has 7 nitrogen and oxygen atoms in total. The molecule has 0 spiro atoms. The minimum Gasteiger partial charge on any atom is -0.449 e. The number of para-hydroxylation sites is 1. The topological polar surface area (TPSA) is 84.9 Å². The quantitative estimate of drug-likeness (QED) is 0.826. The molecule has 9 heteroatoms. The van der Waals surface area contributed by atoms with Gasteiger partial charge >= 0.3 is 18.6 Å². The van der Waals surface area contributed by atoms with Crippen LogP contribution < -0.4 is 10.1 Å². The molecule has 1 heterocycles. The van der Waals surface area contributed by atoms with Crippen LogP contribution in [-0.2, 0) is 9.53 Å². The second-order valence-corrected chi connectivity index (χ2v) is 4.64. The molecular weight excluding hydrogens is 314 g/mol. The highest BCUT2D eigenvalue weighted by molar-refractivity contribution is 6.00. The van der Waals surface area contributed by atoms with E-state index in [1.165, 1.54) is 31.2 Å². The Labute approximate surface area is 130 Å². The summed E-state index contributed by atoms with van der Waals surface area (Å²) in [5.74, 6) is -2.05. The molecule has 1 fully saturated rings. The van der Waals surface area contributed by atoms with Crippen molar-refractivity contribution in [3.05, 3.63) is 29.8 Å². The molecule has 0 saturated carbocycles. The van der Waals surface area contributed by atoms with Crippen molar-refractivity contribution in [1.29, 1.82) is 0 Å². The van der Waals surface area contributed by atoms with E-state index in [0.29, 0.717) is 6.54 Å². The van der Waals surface area contributed by atoms with Gasteiger partial charge in [0.25, 0.3) is 5.91 Å². The number of benzene rings is 1. The minimum absolute atomic E-state index is 0.171. The van der Waals surface area contributed by atoms with E-state index >= 15 is 0 Å². The maximum absolute atomic E-state index is 12.3. The summed E-state index contributed by atoms with van der Waals surface area (Å²) in [4.78, 5) is 36.4. The number of amides is 3. The lowest BCUT2D eigenvalue weighted by Gasteiger charge is -2.18. The Morgan fingerprint density at radius 3 is 2.61 bits per heavy atom. The number of ether oxygens (including phenoxy) is 2. The first-order chi connectivity index (χ1) is 10.9. The van der Waals surface area contributed by atoms with Gasteiger partial charge < -0.3 is 14.8 Å². The van der Waals surface area contributed by atoms with Crippen molar-refractivity contribution >= 4 is 17.9 Å². The van der Waals surface area contributed by atoms with Crippen molar-refractivity contribution in [1.82, 2.24) is 10.2 Å². The van der Waals surface area contributed by atoms with E-state index in [-0.39, 0.29) is 17.9 Å². The van der Waals surface area contributed by atoms with Gasteiger partial charge in [0.05, 0.1) is 0 Å². The Kier molecular flexibility index (Phi) is 5.09. The van der Waals surface area contributed by atoms with Gasteiger partial charge in [-0.15, -0.1) is 0 Å². The Morgan fingerprint density at radius 2 is 2.00 bits per heavy atom.